The molecule has 0 radical (unpaired) electrons. The van der Waals surface area contributed by atoms with Crippen molar-refractivity contribution in [3.05, 3.63) is 83.0 Å². The van der Waals surface area contributed by atoms with Gasteiger partial charge >= 0.3 is 0 Å². The molecule has 140 valence electrons. The number of carbonyl (C=O) groups is 2. The first-order chi connectivity index (χ1) is 13.6. The summed E-state index contributed by atoms with van der Waals surface area (Å²) in [6, 6.07) is 20.6. The summed E-state index contributed by atoms with van der Waals surface area (Å²) in [5.41, 5.74) is 1.78. The molecular weight excluding hydrogens is 374 g/mol. The predicted octanol–water partition coefficient (Wildman–Crippen LogP) is 5.19. The molecule has 0 unspecified atom stereocenters. The van der Waals surface area contributed by atoms with Crippen LogP contribution in [0, 0.1) is 0 Å². The molecule has 5 nitrogen and oxygen atoms in total. The van der Waals surface area contributed by atoms with Crippen LogP contribution in [0.3, 0.4) is 0 Å². The van der Waals surface area contributed by atoms with Crippen molar-refractivity contribution in [1.82, 2.24) is 4.90 Å². The Hall–Kier alpha value is -3.25. The first kappa shape index (κ1) is 18.1. The minimum absolute atomic E-state index is 0.260. The predicted molar refractivity (Wildman–Crippen MR) is 109 cm³/mol. The standard InChI is InChI=1S/C22H17NO4S/c1-26-17-9-5-8-16(12-17)19-11-10-18(27-19)13-20-21(24)23(22(25)28-20)14-15-6-3-2-4-7-15/h2-13H,14H2,1H3/b20-13-. The fourth-order valence-electron chi connectivity index (χ4n) is 2.89. The second-order valence-corrected chi connectivity index (χ2v) is 7.18. The summed E-state index contributed by atoms with van der Waals surface area (Å²) >= 11 is 0.926. The SMILES string of the molecule is COc1cccc(-c2ccc(/C=C3\SC(=O)N(Cc4ccccc4)C3=O)o2)c1. The Morgan fingerprint density at radius 2 is 1.86 bits per heavy atom. The summed E-state index contributed by atoms with van der Waals surface area (Å²) in [6.45, 7) is 0.260. The quantitative estimate of drug-likeness (QED) is 0.560. The molecule has 0 aliphatic carbocycles. The van der Waals surface area contributed by atoms with E-state index in [9.17, 15) is 9.59 Å². The Bertz CT molecular complexity index is 1060. The molecule has 4 rings (SSSR count). The van der Waals surface area contributed by atoms with Crippen LogP contribution >= 0.6 is 11.8 Å². The maximum Gasteiger partial charge on any atom is 0.293 e. The highest BCUT2D eigenvalue weighted by Crippen LogP contribution is 2.34. The molecular formula is C22H17NO4S. The van der Waals surface area contributed by atoms with Gasteiger partial charge in [0.15, 0.2) is 0 Å². The molecule has 1 aliphatic heterocycles. The van der Waals surface area contributed by atoms with Gasteiger partial charge in [-0.15, -0.1) is 0 Å². The van der Waals surface area contributed by atoms with Crippen molar-refractivity contribution < 1.29 is 18.7 Å². The summed E-state index contributed by atoms with van der Waals surface area (Å²) < 4.78 is 11.1. The molecule has 1 fully saturated rings. The van der Waals surface area contributed by atoms with Crippen molar-refractivity contribution in [3.8, 4) is 17.1 Å². The van der Waals surface area contributed by atoms with Gasteiger partial charge in [-0.05, 0) is 41.6 Å². The number of furan rings is 1. The molecule has 0 saturated carbocycles. The molecule has 1 saturated heterocycles. The van der Waals surface area contributed by atoms with E-state index in [1.807, 2.05) is 60.7 Å². The van der Waals surface area contributed by atoms with Crippen LogP contribution in [0.2, 0.25) is 0 Å². The lowest BCUT2D eigenvalue weighted by atomic mass is 10.2. The van der Waals surface area contributed by atoms with E-state index in [4.69, 9.17) is 9.15 Å². The topological polar surface area (TPSA) is 59.8 Å². The summed E-state index contributed by atoms with van der Waals surface area (Å²) in [5.74, 6) is 1.60. The number of thioether (sulfide) groups is 1. The van der Waals surface area contributed by atoms with Gasteiger partial charge in [-0.2, -0.15) is 0 Å². The van der Waals surface area contributed by atoms with Gasteiger partial charge in [-0.1, -0.05) is 42.5 Å². The number of imide groups is 1. The van der Waals surface area contributed by atoms with Gasteiger partial charge in [0.2, 0.25) is 0 Å². The summed E-state index contributed by atoms with van der Waals surface area (Å²) in [4.78, 5) is 26.5. The maximum absolute atomic E-state index is 12.6. The normalized spacial score (nSPS) is 15.5. The van der Waals surface area contributed by atoms with E-state index in [-0.39, 0.29) is 17.7 Å². The van der Waals surface area contributed by atoms with Crippen LogP contribution in [0.25, 0.3) is 17.4 Å². The van der Waals surface area contributed by atoms with Crippen molar-refractivity contribution in [2.75, 3.05) is 7.11 Å². The molecule has 2 aromatic carbocycles. The van der Waals surface area contributed by atoms with Crippen LogP contribution in [0.5, 0.6) is 5.75 Å². The van der Waals surface area contributed by atoms with Crippen molar-refractivity contribution in [1.29, 1.82) is 0 Å². The van der Waals surface area contributed by atoms with Crippen molar-refractivity contribution >= 4 is 29.0 Å². The second-order valence-electron chi connectivity index (χ2n) is 6.19. The number of benzene rings is 2. The van der Waals surface area contributed by atoms with Crippen LogP contribution in [0.4, 0.5) is 4.79 Å². The summed E-state index contributed by atoms with van der Waals surface area (Å²) in [6.07, 6.45) is 1.61. The van der Waals surface area contributed by atoms with Crippen molar-refractivity contribution in [2.24, 2.45) is 0 Å². The van der Waals surface area contributed by atoms with Gasteiger partial charge in [-0.25, -0.2) is 0 Å². The van der Waals surface area contributed by atoms with E-state index in [0.717, 1.165) is 28.6 Å². The number of rotatable bonds is 5. The zero-order valence-corrected chi connectivity index (χ0v) is 15.9. The minimum Gasteiger partial charge on any atom is -0.497 e. The monoisotopic (exact) mass is 391 g/mol. The van der Waals surface area contributed by atoms with Gasteiger partial charge < -0.3 is 9.15 Å². The number of ether oxygens (including phenoxy) is 1. The van der Waals surface area contributed by atoms with Gasteiger partial charge in [0.1, 0.15) is 17.3 Å². The van der Waals surface area contributed by atoms with Crippen LogP contribution < -0.4 is 4.74 Å². The molecule has 3 aromatic rings. The third kappa shape index (κ3) is 3.73. The Labute approximate surface area is 166 Å². The highest BCUT2D eigenvalue weighted by molar-refractivity contribution is 8.18. The van der Waals surface area contributed by atoms with Crippen LogP contribution in [-0.4, -0.2) is 23.2 Å². The fourth-order valence-corrected chi connectivity index (χ4v) is 3.71. The molecule has 1 aliphatic rings. The van der Waals surface area contributed by atoms with Crippen molar-refractivity contribution in [2.45, 2.75) is 6.54 Å². The van der Waals surface area contributed by atoms with E-state index in [1.165, 1.54) is 4.90 Å². The lowest BCUT2D eigenvalue weighted by Gasteiger charge is -2.11. The average molecular weight is 391 g/mol. The molecule has 28 heavy (non-hydrogen) atoms. The van der Waals surface area contributed by atoms with E-state index >= 15 is 0 Å². The number of hydrogen-bond donors (Lipinski definition) is 0. The summed E-state index contributed by atoms with van der Waals surface area (Å²) in [7, 11) is 1.61. The average Bonchev–Trinajstić information content (AvgIpc) is 3.29. The molecule has 2 amide bonds. The number of methoxy groups -OCH3 is 1. The Kier molecular flexibility index (Phi) is 5.04. The first-order valence-electron chi connectivity index (χ1n) is 8.67. The number of amides is 2. The molecule has 1 aromatic heterocycles. The van der Waals surface area contributed by atoms with E-state index in [1.54, 1.807) is 19.3 Å². The van der Waals surface area contributed by atoms with E-state index < -0.39 is 0 Å². The molecule has 2 heterocycles. The van der Waals surface area contributed by atoms with Crippen LogP contribution in [0.15, 0.2) is 76.1 Å². The highest BCUT2D eigenvalue weighted by Gasteiger charge is 2.35. The maximum atomic E-state index is 12.6. The van der Waals surface area contributed by atoms with E-state index in [2.05, 4.69) is 0 Å². The lowest BCUT2D eigenvalue weighted by molar-refractivity contribution is -0.123. The smallest absolute Gasteiger partial charge is 0.293 e. The number of hydrogen-bond acceptors (Lipinski definition) is 5. The fraction of sp³-hybridized carbons (Fsp3) is 0.0909. The number of nitrogens with zero attached hydrogens (tertiary/aromatic N) is 1. The zero-order valence-electron chi connectivity index (χ0n) is 15.1. The molecule has 0 spiro atoms. The molecule has 0 bridgehead atoms. The van der Waals surface area contributed by atoms with Gasteiger partial charge in [-0.3, -0.25) is 14.5 Å². The van der Waals surface area contributed by atoms with Gasteiger partial charge in [0.25, 0.3) is 11.1 Å². The first-order valence-corrected chi connectivity index (χ1v) is 9.49. The van der Waals surface area contributed by atoms with Crippen molar-refractivity contribution in [3.63, 3.8) is 0 Å². The highest BCUT2D eigenvalue weighted by atomic mass is 32.2. The van der Waals surface area contributed by atoms with E-state index in [0.29, 0.717) is 16.4 Å². The second kappa shape index (κ2) is 7.78. The number of carbonyl (C=O) groups excluding carboxylic acids is 2. The zero-order chi connectivity index (χ0) is 19.5. The molecule has 0 N–H and O–H groups in total. The Morgan fingerprint density at radius 3 is 2.64 bits per heavy atom. The van der Waals surface area contributed by atoms with Crippen LogP contribution in [-0.2, 0) is 11.3 Å². The minimum atomic E-state index is -0.307. The lowest BCUT2D eigenvalue weighted by Crippen LogP contribution is -2.27. The summed E-state index contributed by atoms with van der Waals surface area (Å²) in [5, 5.41) is -0.278. The van der Waals surface area contributed by atoms with Crippen LogP contribution in [0.1, 0.15) is 11.3 Å². The Balaban J connectivity index is 1.54. The molecule has 6 heteroatoms. The third-order valence-electron chi connectivity index (χ3n) is 4.31. The largest absolute Gasteiger partial charge is 0.497 e. The van der Waals surface area contributed by atoms with Gasteiger partial charge in [0.05, 0.1) is 18.6 Å². The molecule has 0 atom stereocenters. The van der Waals surface area contributed by atoms with Gasteiger partial charge in [0, 0.05) is 11.6 Å². The Morgan fingerprint density at radius 1 is 1.04 bits per heavy atom. The third-order valence-corrected chi connectivity index (χ3v) is 5.22.